The molecule has 0 bridgehead atoms. The second kappa shape index (κ2) is 11.1. The molecule has 0 heterocycles. The quantitative estimate of drug-likeness (QED) is 0.238. The Bertz CT molecular complexity index is 1320. The molecule has 0 aliphatic heterocycles. The highest BCUT2D eigenvalue weighted by Crippen LogP contribution is 2.41. The van der Waals surface area contributed by atoms with Gasteiger partial charge in [0.1, 0.15) is 22.9 Å². The van der Waals surface area contributed by atoms with Crippen LogP contribution in [0.5, 0.6) is 11.5 Å². The molecule has 0 amide bonds. The summed E-state index contributed by atoms with van der Waals surface area (Å²) in [6.07, 6.45) is -12.2. The van der Waals surface area contributed by atoms with Crippen molar-refractivity contribution in [1.82, 2.24) is 0 Å². The van der Waals surface area contributed by atoms with Crippen molar-refractivity contribution >= 4 is 11.6 Å². The number of benzene rings is 3. The van der Waals surface area contributed by atoms with Crippen molar-refractivity contribution < 1.29 is 53.4 Å². The van der Waals surface area contributed by atoms with Gasteiger partial charge in [0, 0.05) is 17.7 Å². The zero-order chi connectivity index (χ0) is 28.4. The summed E-state index contributed by atoms with van der Waals surface area (Å²) in [5.74, 6) is -9.64. The lowest BCUT2D eigenvalue weighted by Crippen LogP contribution is -2.25. The van der Waals surface area contributed by atoms with Crippen LogP contribution in [0.2, 0.25) is 5.02 Å². The Balaban J connectivity index is 1.92. The number of halogens is 11. The number of alkyl halides is 4. The largest absolute Gasteiger partial charge is 0.431 e. The molecule has 0 atom stereocenters. The SMILES string of the molecule is CCCc1ccc(-c2cc(F)c(C(F)(F)Oc3cc(F)c(OC(F)(F)C=C(F)F)c(F)c3)c(Cl)c2)c(F)c1. The third kappa shape index (κ3) is 6.72. The summed E-state index contributed by atoms with van der Waals surface area (Å²) in [7, 11) is 0. The molecule has 3 rings (SSSR count). The van der Waals surface area contributed by atoms with Gasteiger partial charge in [0.05, 0.1) is 11.1 Å². The molecule has 0 saturated carbocycles. The topological polar surface area (TPSA) is 18.5 Å². The zero-order valence-corrected chi connectivity index (χ0v) is 19.8. The Kier molecular flexibility index (Phi) is 8.55. The van der Waals surface area contributed by atoms with E-state index in [1.165, 1.54) is 12.1 Å². The Morgan fingerprint density at radius 3 is 2.00 bits per heavy atom. The van der Waals surface area contributed by atoms with Gasteiger partial charge in [0.15, 0.2) is 17.4 Å². The Hall–Kier alpha value is -3.41. The van der Waals surface area contributed by atoms with E-state index in [4.69, 9.17) is 11.6 Å². The maximum Gasteiger partial charge on any atom is 0.431 e. The molecule has 0 radical (unpaired) electrons. The minimum absolute atomic E-state index is 0.0225. The fourth-order valence-corrected chi connectivity index (χ4v) is 3.75. The smallest absolute Gasteiger partial charge is 0.429 e. The minimum atomic E-state index is -4.85. The summed E-state index contributed by atoms with van der Waals surface area (Å²) in [6, 6.07) is 5.41. The van der Waals surface area contributed by atoms with Crippen molar-refractivity contribution in [2.24, 2.45) is 0 Å². The van der Waals surface area contributed by atoms with Crippen LogP contribution in [0.4, 0.5) is 43.9 Å². The molecule has 2 nitrogen and oxygen atoms in total. The fourth-order valence-electron chi connectivity index (χ4n) is 3.43. The maximum absolute atomic E-state index is 14.8. The molecule has 0 aliphatic carbocycles. The van der Waals surface area contributed by atoms with Crippen molar-refractivity contribution in [3.8, 4) is 22.6 Å². The highest BCUT2D eigenvalue weighted by molar-refractivity contribution is 6.31. The predicted molar refractivity (Wildman–Crippen MR) is 118 cm³/mol. The molecular weight excluding hydrogens is 558 g/mol. The van der Waals surface area contributed by atoms with Gasteiger partial charge in [-0.15, -0.1) is 0 Å². The van der Waals surface area contributed by atoms with Crippen LogP contribution in [0.1, 0.15) is 24.5 Å². The first-order valence-corrected chi connectivity index (χ1v) is 11.0. The van der Waals surface area contributed by atoms with Gasteiger partial charge in [-0.25, -0.2) is 17.6 Å². The molecule has 38 heavy (non-hydrogen) atoms. The summed E-state index contributed by atoms with van der Waals surface area (Å²) in [5, 5.41) is -0.928. The molecule has 3 aromatic rings. The van der Waals surface area contributed by atoms with Gasteiger partial charge in [0.25, 0.3) is 6.08 Å². The number of rotatable bonds is 9. The maximum atomic E-state index is 14.8. The summed E-state index contributed by atoms with van der Waals surface area (Å²) in [6.45, 7) is 1.88. The van der Waals surface area contributed by atoms with Crippen LogP contribution in [0.25, 0.3) is 11.1 Å². The Morgan fingerprint density at radius 1 is 0.842 bits per heavy atom. The molecule has 0 aromatic heterocycles. The van der Waals surface area contributed by atoms with E-state index in [9.17, 15) is 43.9 Å². The van der Waals surface area contributed by atoms with E-state index in [0.29, 0.717) is 18.1 Å². The number of hydrogen-bond donors (Lipinski definition) is 0. The number of aryl methyl sites for hydroxylation is 1. The second-order valence-electron chi connectivity index (χ2n) is 7.81. The van der Waals surface area contributed by atoms with E-state index >= 15 is 0 Å². The summed E-state index contributed by atoms with van der Waals surface area (Å²) in [5.41, 5.74) is -1.24. The van der Waals surface area contributed by atoms with Gasteiger partial charge in [-0.1, -0.05) is 37.1 Å². The van der Waals surface area contributed by atoms with E-state index in [-0.39, 0.29) is 23.3 Å². The van der Waals surface area contributed by atoms with E-state index in [1.807, 2.05) is 6.92 Å². The fraction of sp³-hybridized carbons (Fsp3) is 0.200. The molecule has 3 aromatic carbocycles. The third-order valence-electron chi connectivity index (χ3n) is 4.95. The predicted octanol–water partition coefficient (Wildman–Crippen LogP) is 9.40. The molecule has 0 unspecified atom stereocenters. The first kappa shape index (κ1) is 29.2. The van der Waals surface area contributed by atoms with Gasteiger partial charge in [0.2, 0.25) is 0 Å². The van der Waals surface area contributed by atoms with Crippen LogP contribution in [0.15, 0.2) is 54.6 Å². The standard InChI is InChI=1S/C25H15ClF10O2/c1-2-3-12-4-5-15(17(27)6-12)13-7-16(26)22(18(28)8-13)25(35,36)37-14-9-19(29)23(20(30)10-14)38-24(33,34)11-21(31)32/h4-11H,2-3H2,1H3. The van der Waals surface area contributed by atoms with Gasteiger partial charge in [-0.2, -0.15) is 26.3 Å². The van der Waals surface area contributed by atoms with Crippen LogP contribution in [-0.4, -0.2) is 6.11 Å². The van der Waals surface area contributed by atoms with Gasteiger partial charge < -0.3 is 9.47 Å². The van der Waals surface area contributed by atoms with Crippen LogP contribution in [0, 0.1) is 23.3 Å². The third-order valence-corrected chi connectivity index (χ3v) is 5.25. The van der Waals surface area contributed by atoms with Gasteiger partial charge >= 0.3 is 12.2 Å². The van der Waals surface area contributed by atoms with Crippen LogP contribution >= 0.6 is 11.6 Å². The summed E-state index contributed by atoms with van der Waals surface area (Å²) < 4.78 is 145. The van der Waals surface area contributed by atoms with Crippen molar-refractivity contribution in [2.75, 3.05) is 0 Å². The lowest BCUT2D eigenvalue weighted by atomic mass is 9.99. The molecule has 0 saturated heterocycles. The van der Waals surface area contributed by atoms with Crippen LogP contribution < -0.4 is 9.47 Å². The van der Waals surface area contributed by atoms with Crippen molar-refractivity contribution in [1.29, 1.82) is 0 Å². The van der Waals surface area contributed by atoms with E-state index in [1.54, 1.807) is 6.07 Å². The minimum Gasteiger partial charge on any atom is -0.429 e. The zero-order valence-electron chi connectivity index (χ0n) is 19.0. The lowest BCUT2D eigenvalue weighted by Gasteiger charge is -2.21. The average Bonchev–Trinajstić information content (AvgIpc) is 2.74. The first-order valence-electron chi connectivity index (χ1n) is 10.6. The second-order valence-corrected chi connectivity index (χ2v) is 8.22. The van der Waals surface area contributed by atoms with E-state index < -0.39 is 69.7 Å². The molecular formula is C25H15ClF10O2. The van der Waals surface area contributed by atoms with Crippen LogP contribution in [-0.2, 0) is 12.5 Å². The molecule has 0 fully saturated rings. The summed E-state index contributed by atoms with van der Waals surface area (Å²) >= 11 is 5.83. The van der Waals surface area contributed by atoms with Gasteiger partial charge in [-0.05, 0) is 35.7 Å². The highest BCUT2D eigenvalue weighted by atomic mass is 35.5. The van der Waals surface area contributed by atoms with E-state index in [2.05, 4.69) is 9.47 Å². The normalized spacial score (nSPS) is 11.9. The number of ether oxygens (including phenoxy) is 2. The lowest BCUT2D eigenvalue weighted by molar-refractivity contribution is -0.187. The molecule has 0 spiro atoms. The molecule has 204 valence electrons. The van der Waals surface area contributed by atoms with Crippen molar-refractivity contribution in [2.45, 2.75) is 32.0 Å². The highest BCUT2D eigenvalue weighted by Gasteiger charge is 2.41. The Labute approximate surface area is 214 Å². The van der Waals surface area contributed by atoms with Crippen LogP contribution in [0.3, 0.4) is 0 Å². The first-order chi connectivity index (χ1) is 17.6. The summed E-state index contributed by atoms with van der Waals surface area (Å²) in [4.78, 5) is 0. The number of hydrogen-bond acceptors (Lipinski definition) is 2. The Morgan fingerprint density at radius 2 is 1.47 bits per heavy atom. The van der Waals surface area contributed by atoms with Gasteiger partial charge in [-0.3, -0.25) is 0 Å². The molecule has 0 N–H and O–H groups in total. The monoisotopic (exact) mass is 572 g/mol. The molecule has 0 aliphatic rings. The average molecular weight is 573 g/mol. The van der Waals surface area contributed by atoms with Crippen molar-refractivity contribution in [3.63, 3.8) is 0 Å². The van der Waals surface area contributed by atoms with Crippen molar-refractivity contribution in [3.05, 3.63) is 94.0 Å². The molecule has 13 heteroatoms. The van der Waals surface area contributed by atoms with E-state index in [0.717, 1.165) is 12.5 Å².